The molecule has 0 aliphatic heterocycles. The van der Waals surface area contributed by atoms with Gasteiger partial charge in [0.05, 0.1) is 0 Å². The smallest absolute Gasteiger partial charge is 0.255 e. The van der Waals surface area contributed by atoms with E-state index in [1.54, 1.807) is 6.20 Å². The van der Waals surface area contributed by atoms with Crippen LogP contribution in [0.5, 0.6) is 0 Å². The van der Waals surface area contributed by atoms with Gasteiger partial charge in [0.15, 0.2) is 0 Å². The van der Waals surface area contributed by atoms with E-state index in [9.17, 15) is 4.79 Å². The van der Waals surface area contributed by atoms with Crippen molar-refractivity contribution in [1.29, 1.82) is 0 Å². The van der Waals surface area contributed by atoms with Gasteiger partial charge in [0.1, 0.15) is 0 Å². The van der Waals surface area contributed by atoms with Gasteiger partial charge in [0.25, 0.3) is 5.56 Å². The minimum atomic E-state index is -0.0447. The van der Waals surface area contributed by atoms with Gasteiger partial charge in [-0.15, -0.1) is 0 Å². The van der Waals surface area contributed by atoms with E-state index in [2.05, 4.69) is 43.5 Å². The molecule has 2 aromatic rings. The van der Waals surface area contributed by atoms with Crippen LogP contribution in [-0.2, 0) is 0 Å². The van der Waals surface area contributed by atoms with Crippen LogP contribution in [0.4, 0.5) is 0 Å². The zero-order chi connectivity index (χ0) is 9.42. The average molecular weight is 350 g/mol. The Morgan fingerprint density at radius 1 is 1.31 bits per heavy atom. The second-order valence-corrected chi connectivity index (χ2v) is 4.73. The fourth-order valence-corrected chi connectivity index (χ4v) is 2.18. The van der Waals surface area contributed by atoms with Gasteiger partial charge in [-0.25, -0.2) is 0 Å². The second-order valence-electron chi connectivity index (χ2n) is 2.66. The first-order chi connectivity index (χ1) is 6.18. The van der Waals surface area contributed by atoms with Crippen molar-refractivity contribution in [2.24, 2.45) is 0 Å². The molecule has 0 radical (unpaired) electrons. The van der Waals surface area contributed by atoms with Gasteiger partial charge in [-0.05, 0) is 34.7 Å². The van der Waals surface area contributed by atoms with Crippen molar-refractivity contribution in [2.75, 3.05) is 0 Å². The normalized spacial score (nSPS) is 10.6. The third kappa shape index (κ3) is 1.65. The molecule has 1 aromatic heterocycles. The van der Waals surface area contributed by atoms with Crippen molar-refractivity contribution in [3.8, 4) is 0 Å². The Morgan fingerprint density at radius 3 is 2.85 bits per heavy atom. The molecule has 0 saturated carbocycles. The molecule has 2 nitrogen and oxygen atoms in total. The Hall–Kier alpha value is -0.360. The predicted octanol–water partition coefficient (Wildman–Crippen LogP) is 2.90. The van der Waals surface area contributed by atoms with E-state index in [-0.39, 0.29) is 5.56 Å². The highest BCUT2D eigenvalue weighted by Gasteiger charge is 2.01. The summed E-state index contributed by atoms with van der Waals surface area (Å²) in [5.74, 6) is 0. The lowest BCUT2D eigenvalue weighted by Crippen LogP contribution is -2.05. The van der Waals surface area contributed by atoms with Gasteiger partial charge in [-0.3, -0.25) is 4.79 Å². The summed E-state index contributed by atoms with van der Waals surface area (Å²) in [6.07, 6.45) is 1.72. The minimum Gasteiger partial charge on any atom is -0.327 e. The van der Waals surface area contributed by atoms with Crippen LogP contribution in [-0.4, -0.2) is 4.98 Å². The van der Waals surface area contributed by atoms with Crippen molar-refractivity contribution in [2.45, 2.75) is 0 Å². The minimum absolute atomic E-state index is 0.0447. The lowest BCUT2D eigenvalue weighted by molar-refractivity contribution is 1.26. The molecule has 1 heterocycles. The Kier molecular flexibility index (Phi) is 2.42. The third-order valence-corrected chi connectivity index (χ3v) is 3.20. The first kappa shape index (κ1) is 9.21. The average Bonchev–Trinajstić information content (AvgIpc) is 2.12. The predicted molar refractivity (Wildman–Crippen MR) is 65.0 cm³/mol. The number of pyridine rings is 1. The maximum absolute atomic E-state index is 11.4. The highest BCUT2D eigenvalue weighted by atomic mass is 127. The summed E-state index contributed by atoms with van der Waals surface area (Å²) in [7, 11) is 0. The molecular weight excluding hydrogens is 345 g/mol. The number of aromatic amines is 1. The van der Waals surface area contributed by atoms with E-state index < -0.39 is 0 Å². The van der Waals surface area contributed by atoms with Crippen LogP contribution in [0.3, 0.4) is 0 Å². The maximum Gasteiger partial charge on any atom is 0.255 e. The summed E-state index contributed by atoms with van der Waals surface area (Å²) < 4.78 is 1.98. The highest BCUT2D eigenvalue weighted by Crippen LogP contribution is 2.20. The maximum atomic E-state index is 11.4. The zero-order valence-corrected chi connectivity index (χ0v) is 10.2. The molecule has 0 fully saturated rings. The molecule has 0 bridgehead atoms. The molecule has 0 unspecified atom stereocenters. The fourth-order valence-electron chi connectivity index (χ4n) is 1.20. The molecule has 1 N–H and O–H groups in total. The van der Waals surface area contributed by atoms with Crippen LogP contribution in [0.2, 0.25) is 0 Å². The molecule has 1 aromatic carbocycles. The number of hydrogen-bond donors (Lipinski definition) is 1. The monoisotopic (exact) mass is 349 g/mol. The number of fused-ring (bicyclic) bond motifs is 1. The third-order valence-electron chi connectivity index (χ3n) is 1.81. The quantitative estimate of drug-likeness (QED) is 0.729. The van der Waals surface area contributed by atoms with E-state index in [4.69, 9.17) is 0 Å². The fraction of sp³-hybridized carbons (Fsp3) is 0. The molecule has 13 heavy (non-hydrogen) atoms. The molecule has 0 atom stereocenters. The van der Waals surface area contributed by atoms with Crippen LogP contribution in [0.25, 0.3) is 10.8 Å². The van der Waals surface area contributed by atoms with E-state index in [1.807, 2.05) is 18.2 Å². The number of benzene rings is 1. The summed E-state index contributed by atoms with van der Waals surface area (Å²) in [6, 6.07) is 5.71. The van der Waals surface area contributed by atoms with Gasteiger partial charge in [-0.1, -0.05) is 22.0 Å². The molecule has 0 aliphatic rings. The number of rotatable bonds is 0. The van der Waals surface area contributed by atoms with E-state index >= 15 is 0 Å². The van der Waals surface area contributed by atoms with Gasteiger partial charge < -0.3 is 4.98 Å². The Labute approximate surface area is 96.6 Å². The van der Waals surface area contributed by atoms with Crippen LogP contribution < -0.4 is 5.56 Å². The second kappa shape index (κ2) is 3.42. The highest BCUT2D eigenvalue weighted by molar-refractivity contribution is 14.1. The Bertz CT molecular complexity index is 520. The van der Waals surface area contributed by atoms with Crippen LogP contribution in [0.15, 0.2) is 33.7 Å². The largest absolute Gasteiger partial charge is 0.327 e. The number of hydrogen-bond acceptors (Lipinski definition) is 1. The van der Waals surface area contributed by atoms with Crippen LogP contribution >= 0.6 is 38.5 Å². The summed E-state index contributed by atoms with van der Waals surface area (Å²) in [5, 5.41) is 1.72. The Morgan fingerprint density at radius 2 is 2.08 bits per heavy atom. The van der Waals surface area contributed by atoms with Gasteiger partial charge in [-0.2, -0.15) is 0 Å². The molecule has 2 rings (SSSR count). The Balaban J connectivity index is 3.01. The topological polar surface area (TPSA) is 32.9 Å². The molecule has 0 aliphatic carbocycles. The first-order valence-corrected chi connectivity index (χ1v) is 5.52. The van der Waals surface area contributed by atoms with Crippen molar-refractivity contribution < 1.29 is 0 Å². The molecule has 0 spiro atoms. The van der Waals surface area contributed by atoms with Gasteiger partial charge in [0, 0.05) is 25.0 Å². The van der Waals surface area contributed by atoms with Crippen LogP contribution in [0.1, 0.15) is 0 Å². The summed E-state index contributed by atoms with van der Waals surface area (Å²) in [6.45, 7) is 0. The zero-order valence-electron chi connectivity index (χ0n) is 6.47. The van der Waals surface area contributed by atoms with Gasteiger partial charge >= 0.3 is 0 Å². The number of H-pyrrole nitrogens is 1. The number of aromatic nitrogens is 1. The van der Waals surface area contributed by atoms with Crippen LogP contribution in [0, 0.1) is 3.57 Å². The molecule has 4 heteroatoms. The number of nitrogens with one attached hydrogen (secondary N) is 1. The molecular formula is C9H5BrINO. The summed E-state index contributed by atoms with van der Waals surface area (Å²) >= 11 is 5.54. The van der Waals surface area contributed by atoms with Crippen molar-refractivity contribution in [3.05, 3.63) is 42.8 Å². The summed E-state index contributed by atoms with van der Waals surface area (Å²) in [5.41, 5.74) is -0.0447. The molecule has 66 valence electrons. The molecule has 0 saturated heterocycles. The van der Waals surface area contributed by atoms with E-state index in [0.717, 1.165) is 18.8 Å². The van der Waals surface area contributed by atoms with Gasteiger partial charge in [0.2, 0.25) is 0 Å². The van der Waals surface area contributed by atoms with Crippen molar-refractivity contribution >= 4 is 49.3 Å². The van der Waals surface area contributed by atoms with Crippen molar-refractivity contribution in [1.82, 2.24) is 4.98 Å². The summed E-state index contributed by atoms with van der Waals surface area (Å²) in [4.78, 5) is 14.1. The van der Waals surface area contributed by atoms with E-state index in [1.165, 1.54) is 0 Å². The standard InChI is InChI=1S/C9H5BrINO/c10-5-1-2-6-7(3-5)9(13)12-4-8(6)11/h1-4H,(H,12,13). The molecule has 0 amide bonds. The first-order valence-electron chi connectivity index (χ1n) is 3.65. The lowest BCUT2D eigenvalue weighted by atomic mass is 10.2. The lowest BCUT2D eigenvalue weighted by Gasteiger charge is -1.99. The van der Waals surface area contributed by atoms with Crippen molar-refractivity contribution in [3.63, 3.8) is 0 Å². The SMILES string of the molecule is O=c1[nH]cc(I)c2ccc(Br)cc12. The van der Waals surface area contributed by atoms with E-state index in [0.29, 0.717) is 0 Å². The number of halogens is 2.